The van der Waals surface area contributed by atoms with Crippen LogP contribution in [0.15, 0.2) is 18.2 Å². The van der Waals surface area contributed by atoms with Gasteiger partial charge >= 0.3 is 0 Å². The highest BCUT2D eigenvalue weighted by molar-refractivity contribution is 5.48. The highest BCUT2D eigenvalue weighted by Gasteiger charge is 2.21. The lowest BCUT2D eigenvalue weighted by Crippen LogP contribution is -2.39. The van der Waals surface area contributed by atoms with Crippen molar-refractivity contribution < 1.29 is 0 Å². The van der Waals surface area contributed by atoms with Crippen molar-refractivity contribution in [2.45, 2.75) is 45.6 Å². The smallest absolute Gasteiger partial charge is 0.131 e. The first-order valence-corrected chi connectivity index (χ1v) is 6.82. The Kier molecular flexibility index (Phi) is 4.24. The summed E-state index contributed by atoms with van der Waals surface area (Å²) in [5.41, 5.74) is 0. The maximum atomic E-state index is 4.70. The molecule has 0 aromatic carbocycles. The number of rotatable bonds is 4. The van der Waals surface area contributed by atoms with Crippen LogP contribution in [0.1, 0.15) is 39.5 Å². The van der Waals surface area contributed by atoms with E-state index in [2.05, 4.69) is 36.2 Å². The van der Waals surface area contributed by atoms with Crippen LogP contribution >= 0.6 is 0 Å². The molecule has 1 unspecified atom stereocenters. The van der Waals surface area contributed by atoms with E-state index in [1.807, 2.05) is 6.07 Å². The Bertz CT molecular complexity index is 351. The van der Waals surface area contributed by atoms with Crippen LogP contribution in [0, 0.1) is 0 Å². The number of hydrogen-bond acceptors (Lipinski definition) is 3. The molecule has 2 rings (SSSR count). The van der Waals surface area contributed by atoms with Crippen LogP contribution in [-0.4, -0.2) is 24.1 Å². The largest absolute Gasteiger partial charge is 0.370 e. The van der Waals surface area contributed by atoms with Crippen molar-refractivity contribution in [1.29, 1.82) is 0 Å². The zero-order chi connectivity index (χ0) is 12.1. The van der Waals surface area contributed by atoms with Gasteiger partial charge in [-0.1, -0.05) is 13.0 Å². The normalized spacial score (nSPS) is 20.4. The predicted molar refractivity (Wildman–Crippen MR) is 73.7 cm³/mol. The van der Waals surface area contributed by atoms with Crippen molar-refractivity contribution in [2.75, 3.05) is 23.3 Å². The molecule has 0 aliphatic carbocycles. The Hall–Kier alpha value is -1.25. The Labute approximate surface area is 104 Å². The third-order valence-electron chi connectivity index (χ3n) is 3.48. The van der Waals surface area contributed by atoms with Crippen molar-refractivity contribution >= 4 is 11.6 Å². The summed E-state index contributed by atoms with van der Waals surface area (Å²) in [6.07, 6.45) is 5.18. The average molecular weight is 233 g/mol. The fourth-order valence-electron chi connectivity index (χ4n) is 2.59. The van der Waals surface area contributed by atoms with Crippen LogP contribution in [0.5, 0.6) is 0 Å². The van der Waals surface area contributed by atoms with Crippen LogP contribution in [0.4, 0.5) is 11.6 Å². The second-order valence-electron chi connectivity index (χ2n) is 4.66. The molecule has 1 aromatic heterocycles. The van der Waals surface area contributed by atoms with Crippen LogP contribution < -0.4 is 10.2 Å². The highest BCUT2D eigenvalue weighted by atomic mass is 15.2. The highest BCUT2D eigenvalue weighted by Crippen LogP contribution is 2.25. The molecule has 1 aromatic rings. The maximum Gasteiger partial charge on any atom is 0.131 e. The number of piperidine rings is 1. The van der Waals surface area contributed by atoms with Crippen molar-refractivity contribution in [3.05, 3.63) is 18.2 Å². The molecule has 0 spiro atoms. The van der Waals surface area contributed by atoms with Crippen molar-refractivity contribution in [2.24, 2.45) is 0 Å². The van der Waals surface area contributed by atoms with E-state index in [-0.39, 0.29) is 0 Å². The van der Waals surface area contributed by atoms with Crippen molar-refractivity contribution in [1.82, 2.24) is 4.98 Å². The second kappa shape index (κ2) is 5.89. The summed E-state index contributed by atoms with van der Waals surface area (Å²) in [7, 11) is 0. The molecule has 1 aliphatic rings. The molecule has 0 bridgehead atoms. The van der Waals surface area contributed by atoms with Crippen LogP contribution in [-0.2, 0) is 0 Å². The molecule has 1 aliphatic heterocycles. The third-order valence-corrected chi connectivity index (χ3v) is 3.48. The Morgan fingerprint density at radius 1 is 1.35 bits per heavy atom. The van der Waals surface area contributed by atoms with Gasteiger partial charge in [0.05, 0.1) is 0 Å². The lowest BCUT2D eigenvalue weighted by molar-refractivity contribution is 0.447. The van der Waals surface area contributed by atoms with E-state index in [0.29, 0.717) is 6.04 Å². The quantitative estimate of drug-likeness (QED) is 0.865. The predicted octanol–water partition coefficient (Wildman–Crippen LogP) is 3.28. The lowest BCUT2D eigenvalue weighted by atomic mass is 10.00. The van der Waals surface area contributed by atoms with E-state index in [9.17, 15) is 0 Å². The van der Waals surface area contributed by atoms with Gasteiger partial charge in [0, 0.05) is 19.1 Å². The minimum absolute atomic E-state index is 0.674. The molecule has 3 heteroatoms. The van der Waals surface area contributed by atoms with Gasteiger partial charge in [0.2, 0.25) is 0 Å². The van der Waals surface area contributed by atoms with E-state index in [1.165, 1.54) is 25.7 Å². The van der Waals surface area contributed by atoms with Gasteiger partial charge in [0.15, 0.2) is 0 Å². The summed E-state index contributed by atoms with van der Waals surface area (Å²) >= 11 is 0. The standard InChI is InChI=1S/C14H23N3/c1-3-12-8-5-6-11-17(12)14-10-7-9-13(16-14)15-4-2/h7,9-10,12H,3-6,8,11H2,1-2H3,(H,15,16). The number of anilines is 2. The minimum Gasteiger partial charge on any atom is -0.370 e. The minimum atomic E-state index is 0.674. The SMILES string of the molecule is CCNc1cccc(N2CCCCC2CC)n1. The number of aromatic nitrogens is 1. The molecule has 17 heavy (non-hydrogen) atoms. The van der Waals surface area contributed by atoms with Crippen LogP contribution in [0.2, 0.25) is 0 Å². The number of nitrogens with one attached hydrogen (secondary N) is 1. The van der Waals surface area contributed by atoms with Gasteiger partial charge in [-0.2, -0.15) is 0 Å². The topological polar surface area (TPSA) is 28.2 Å². The molecule has 0 saturated carbocycles. The molecule has 0 radical (unpaired) electrons. The van der Waals surface area contributed by atoms with Gasteiger partial charge in [-0.25, -0.2) is 4.98 Å². The molecule has 1 saturated heterocycles. The van der Waals surface area contributed by atoms with Gasteiger partial charge in [-0.3, -0.25) is 0 Å². The summed E-state index contributed by atoms with van der Waals surface area (Å²) in [4.78, 5) is 7.18. The molecular weight excluding hydrogens is 210 g/mol. The summed E-state index contributed by atoms with van der Waals surface area (Å²) in [6, 6.07) is 6.95. The average Bonchev–Trinajstić information content (AvgIpc) is 2.39. The zero-order valence-corrected chi connectivity index (χ0v) is 10.9. The zero-order valence-electron chi connectivity index (χ0n) is 10.9. The fraction of sp³-hybridized carbons (Fsp3) is 0.643. The van der Waals surface area contributed by atoms with Gasteiger partial charge in [-0.15, -0.1) is 0 Å². The first-order chi connectivity index (χ1) is 8.35. The maximum absolute atomic E-state index is 4.70. The van der Waals surface area contributed by atoms with Crippen LogP contribution in [0.25, 0.3) is 0 Å². The Balaban J connectivity index is 2.16. The lowest BCUT2D eigenvalue weighted by Gasteiger charge is -2.36. The third kappa shape index (κ3) is 2.90. The Morgan fingerprint density at radius 2 is 2.24 bits per heavy atom. The molecule has 3 nitrogen and oxygen atoms in total. The first-order valence-electron chi connectivity index (χ1n) is 6.82. The van der Waals surface area contributed by atoms with Gasteiger partial charge in [-0.05, 0) is 44.7 Å². The molecule has 0 amide bonds. The van der Waals surface area contributed by atoms with Gasteiger partial charge in [0.1, 0.15) is 11.6 Å². The number of hydrogen-bond donors (Lipinski definition) is 1. The Morgan fingerprint density at radius 3 is 3.00 bits per heavy atom. The van der Waals surface area contributed by atoms with E-state index in [4.69, 9.17) is 4.98 Å². The fourth-order valence-corrected chi connectivity index (χ4v) is 2.59. The molecule has 94 valence electrons. The molecule has 1 N–H and O–H groups in total. The second-order valence-corrected chi connectivity index (χ2v) is 4.66. The summed E-state index contributed by atoms with van der Waals surface area (Å²) < 4.78 is 0. The first kappa shape index (κ1) is 12.2. The van der Waals surface area contributed by atoms with E-state index >= 15 is 0 Å². The van der Waals surface area contributed by atoms with Crippen molar-refractivity contribution in [3.63, 3.8) is 0 Å². The molecular formula is C14H23N3. The molecule has 1 fully saturated rings. The number of nitrogens with zero attached hydrogens (tertiary/aromatic N) is 2. The van der Waals surface area contributed by atoms with Crippen LogP contribution in [0.3, 0.4) is 0 Å². The van der Waals surface area contributed by atoms with E-state index < -0.39 is 0 Å². The van der Waals surface area contributed by atoms with E-state index in [1.54, 1.807) is 0 Å². The molecule has 1 atom stereocenters. The summed E-state index contributed by atoms with van der Waals surface area (Å²) in [5.74, 6) is 2.13. The van der Waals surface area contributed by atoms with E-state index in [0.717, 1.165) is 24.7 Å². The summed E-state index contributed by atoms with van der Waals surface area (Å²) in [5, 5.41) is 3.28. The van der Waals surface area contributed by atoms with Crippen molar-refractivity contribution in [3.8, 4) is 0 Å². The number of pyridine rings is 1. The van der Waals surface area contributed by atoms with Gasteiger partial charge < -0.3 is 10.2 Å². The monoisotopic (exact) mass is 233 g/mol. The summed E-state index contributed by atoms with van der Waals surface area (Å²) in [6.45, 7) is 6.45. The molecule has 2 heterocycles. The van der Waals surface area contributed by atoms with Gasteiger partial charge in [0.25, 0.3) is 0 Å².